The molecule has 13 rings (SSSR count). The average Bonchev–Trinajstić information content (AvgIpc) is 0.824. The minimum atomic E-state index is -0.524. The topological polar surface area (TPSA) is 330 Å². The van der Waals surface area contributed by atoms with Crippen LogP contribution in [-0.4, -0.2) is 191 Å². The molecule has 3 aliphatic heterocycles. The van der Waals surface area contributed by atoms with E-state index in [-0.39, 0.29) is 23.8 Å². The van der Waals surface area contributed by atoms with Crippen molar-refractivity contribution in [3.8, 4) is 55.9 Å². The number of nitrogens with zero attached hydrogens (tertiary/aromatic N) is 14. The van der Waals surface area contributed by atoms with E-state index in [2.05, 4.69) is 56.7 Å². The molecular formula is C76H85Cl2N19O5. The Bertz CT molecular complexity index is 4220. The number of pyridine rings is 8. The summed E-state index contributed by atoms with van der Waals surface area (Å²) in [5.41, 5.74) is 44.6. The fourth-order valence-electron chi connectivity index (χ4n) is 11.2. The molecule has 8 aromatic heterocycles. The Morgan fingerprint density at radius 2 is 0.804 bits per heavy atom. The van der Waals surface area contributed by atoms with E-state index in [0.29, 0.717) is 100 Å². The fourth-order valence-corrected chi connectivity index (χ4v) is 11.7. The van der Waals surface area contributed by atoms with Crippen LogP contribution in [0.3, 0.4) is 0 Å². The number of likely N-dealkylation sites (N-methyl/N-ethyl adjacent to an activating group) is 2. The summed E-state index contributed by atoms with van der Waals surface area (Å²) in [5.74, 6) is 0.0234. The van der Waals surface area contributed by atoms with Crippen molar-refractivity contribution in [1.29, 1.82) is 0 Å². The third-order valence-electron chi connectivity index (χ3n) is 16.9. The number of amides is 4. The lowest BCUT2D eigenvalue weighted by atomic mass is 9.97. The molecule has 0 aliphatic carbocycles. The number of aromatic nitrogens is 8. The van der Waals surface area contributed by atoms with Gasteiger partial charge in [0.25, 0.3) is 17.7 Å². The highest BCUT2D eigenvalue weighted by atomic mass is 35.5. The summed E-state index contributed by atoms with van der Waals surface area (Å²) in [5, 5.41) is 0.855. The Kier molecular flexibility index (Phi) is 25.9. The van der Waals surface area contributed by atoms with Crippen LogP contribution in [0.1, 0.15) is 63.0 Å². The zero-order valence-electron chi connectivity index (χ0n) is 58.3. The quantitative estimate of drug-likeness (QED) is 0.0882. The van der Waals surface area contributed by atoms with Crippen molar-refractivity contribution in [3.63, 3.8) is 0 Å². The molecule has 0 spiro atoms. The van der Waals surface area contributed by atoms with Crippen molar-refractivity contribution in [3.05, 3.63) is 222 Å². The third kappa shape index (κ3) is 20.1. The van der Waals surface area contributed by atoms with Crippen LogP contribution in [0.4, 0.5) is 33.2 Å². The average molecular weight is 1420 g/mol. The van der Waals surface area contributed by atoms with E-state index in [1.165, 1.54) is 0 Å². The highest BCUT2D eigenvalue weighted by molar-refractivity contribution is 6.33. The smallest absolute Gasteiger partial charge is 0.410 e. The summed E-state index contributed by atoms with van der Waals surface area (Å²) in [6, 6.07) is 31.7. The number of aryl methyl sites for hydroxylation is 2. The molecule has 10 N–H and O–H groups in total. The van der Waals surface area contributed by atoms with Gasteiger partial charge in [-0.25, -0.2) is 9.78 Å². The molecule has 528 valence electrons. The zero-order chi connectivity index (χ0) is 73.0. The van der Waals surface area contributed by atoms with E-state index < -0.39 is 5.60 Å². The maximum atomic E-state index is 12.8. The van der Waals surface area contributed by atoms with E-state index in [1.807, 2.05) is 130 Å². The highest BCUT2D eigenvalue weighted by Crippen LogP contribution is 2.33. The van der Waals surface area contributed by atoms with Crippen LogP contribution in [0.2, 0.25) is 10.2 Å². The first-order valence-corrected chi connectivity index (χ1v) is 33.8. The number of hydrogen-bond acceptors (Lipinski definition) is 20. The summed E-state index contributed by atoms with van der Waals surface area (Å²) in [4.78, 5) is 94.2. The van der Waals surface area contributed by atoms with Crippen LogP contribution in [0, 0.1) is 13.8 Å². The van der Waals surface area contributed by atoms with Gasteiger partial charge in [-0.2, -0.15) is 0 Å². The van der Waals surface area contributed by atoms with E-state index >= 15 is 0 Å². The van der Waals surface area contributed by atoms with Crippen LogP contribution in [0.25, 0.3) is 55.9 Å². The number of halogens is 2. The molecule has 0 bridgehead atoms. The number of benzene rings is 2. The fraction of sp³-hybridized carbons (Fsp3) is 0.263. The molecule has 3 saturated heterocycles. The maximum Gasteiger partial charge on any atom is 0.410 e. The minimum Gasteiger partial charge on any atom is -0.444 e. The summed E-state index contributed by atoms with van der Waals surface area (Å²) >= 11 is 12.3. The van der Waals surface area contributed by atoms with E-state index in [9.17, 15) is 19.2 Å². The molecule has 24 nitrogen and oxygen atoms in total. The second-order valence-corrected chi connectivity index (χ2v) is 26.2. The van der Waals surface area contributed by atoms with Crippen molar-refractivity contribution in [2.75, 3.05) is 121 Å². The number of anilines is 5. The summed E-state index contributed by atoms with van der Waals surface area (Å²) in [7, 11) is 4.13. The Labute approximate surface area is 604 Å². The second kappa shape index (κ2) is 35.2. The lowest BCUT2D eigenvalue weighted by molar-refractivity contribution is 0.0140. The number of carbonyl (C=O) groups excluding carboxylic acids is 4. The van der Waals surface area contributed by atoms with Crippen LogP contribution >= 0.6 is 23.2 Å². The normalized spacial score (nSPS) is 13.9. The molecule has 26 heteroatoms. The molecule has 0 unspecified atom stereocenters. The predicted octanol–water partition coefficient (Wildman–Crippen LogP) is 11.2. The molecule has 2 aromatic carbocycles. The predicted molar refractivity (Wildman–Crippen MR) is 404 cm³/mol. The van der Waals surface area contributed by atoms with Gasteiger partial charge >= 0.3 is 6.09 Å². The lowest BCUT2D eigenvalue weighted by Crippen LogP contribution is -2.51. The molecule has 0 atom stereocenters. The van der Waals surface area contributed by atoms with Gasteiger partial charge in [0, 0.05) is 173 Å². The Hall–Kier alpha value is -11.2. The number of nitrogens with two attached hydrogens (primary N) is 5. The first-order valence-electron chi connectivity index (χ1n) is 33.0. The largest absolute Gasteiger partial charge is 0.444 e. The van der Waals surface area contributed by atoms with E-state index in [0.717, 1.165) is 101 Å². The van der Waals surface area contributed by atoms with Gasteiger partial charge in [-0.15, -0.1) is 0 Å². The van der Waals surface area contributed by atoms with Crippen molar-refractivity contribution < 1.29 is 23.9 Å². The lowest BCUT2D eigenvalue weighted by Gasteiger charge is -2.35. The van der Waals surface area contributed by atoms with Gasteiger partial charge in [0.05, 0.1) is 81.4 Å². The standard InChI is InChI=1S/C21H26N4O3.C18H22N4O.C16H18ClN5O.C11H11N3.C10H8ClN3/c1-21(2,3)28-20(27)25-12-10-24(11-13-25)19(26)16-6-4-15(5-7-16)17-8-9-23-14-18(17)22;1-13-11-14(18(23)22-9-7-21(2)8-10-22)3-4-15(13)16-5-6-20-12-17(16)19;1-21-4-6-22(7-5-21)16(23)11-8-13(17)15(20-9-11)12-2-3-19-10-14(12)18;1-8-3-2-5-14-11(8)9-4-6-13-7-10(9)12;11-10-8(2-1-4-14-10)7-3-5-13-6-9(7)12/h4-9,14H,10-13,22H2,1-3H3;3-6,11-12H,7-10,19H2,1-2H3;2-3,8-10H,4-7,18H2,1H3;2-7H,12H2,1H3;1-6H,12H2. The van der Waals surface area contributed by atoms with Crippen LogP contribution in [0.15, 0.2) is 184 Å². The Morgan fingerprint density at radius 3 is 1.26 bits per heavy atom. The van der Waals surface area contributed by atoms with Crippen LogP contribution in [0.5, 0.6) is 0 Å². The SMILES string of the molecule is CC(C)(C)OC(=O)N1CCN(C(=O)c2ccc(-c3ccncc3N)cc2)CC1.CN1CCN(C(=O)c2cnc(-c3ccncc3N)c(Cl)c2)CC1.Cc1cc(C(=O)N2CCN(C)CC2)ccc1-c1ccncc1N.Cc1cccnc1-c1ccncc1N.Nc1cnccc1-c1cccnc1Cl. The number of nitrogen functional groups attached to an aromatic ring is 5. The first-order chi connectivity index (χ1) is 48.9. The van der Waals surface area contributed by atoms with Crippen LogP contribution < -0.4 is 28.7 Å². The Morgan fingerprint density at radius 1 is 0.392 bits per heavy atom. The maximum absolute atomic E-state index is 12.8. The van der Waals surface area contributed by atoms with Gasteiger partial charge in [0.1, 0.15) is 10.8 Å². The van der Waals surface area contributed by atoms with Gasteiger partial charge in [-0.1, -0.05) is 47.5 Å². The van der Waals surface area contributed by atoms with Crippen molar-refractivity contribution in [2.45, 2.75) is 40.2 Å². The molecule has 3 fully saturated rings. The van der Waals surface area contributed by atoms with E-state index in [1.54, 1.807) is 115 Å². The third-order valence-corrected chi connectivity index (χ3v) is 17.5. The molecular weight excluding hydrogens is 1330 g/mol. The molecule has 4 amide bonds. The summed E-state index contributed by atoms with van der Waals surface area (Å²) in [6.07, 6.45) is 21.1. The van der Waals surface area contributed by atoms with Gasteiger partial charge in [0.15, 0.2) is 0 Å². The zero-order valence-corrected chi connectivity index (χ0v) is 59.8. The van der Waals surface area contributed by atoms with Crippen LogP contribution in [-0.2, 0) is 4.74 Å². The van der Waals surface area contributed by atoms with Crippen molar-refractivity contribution in [1.82, 2.24) is 69.3 Å². The molecule has 3 aliphatic rings. The van der Waals surface area contributed by atoms with E-state index in [4.69, 9.17) is 56.6 Å². The minimum absolute atomic E-state index is 0.0400. The number of ether oxygens (including phenoxy) is 1. The number of hydrogen-bond donors (Lipinski definition) is 5. The summed E-state index contributed by atoms with van der Waals surface area (Å²) < 4.78 is 5.39. The molecule has 0 saturated carbocycles. The number of rotatable bonds is 8. The summed E-state index contributed by atoms with van der Waals surface area (Å²) in [6.45, 7) is 18.0. The first kappa shape index (κ1) is 75.0. The van der Waals surface area contributed by atoms with Gasteiger partial charge in [-0.05, 0) is 150 Å². The van der Waals surface area contributed by atoms with Crippen molar-refractivity contribution in [2.24, 2.45) is 0 Å². The number of carbonyl (C=O) groups is 4. The Balaban J connectivity index is 0.000000152. The molecule has 102 heavy (non-hydrogen) atoms. The van der Waals surface area contributed by atoms with Gasteiger partial charge in [0.2, 0.25) is 0 Å². The van der Waals surface area contributed by atoms with Gasteiger partial charge < -0.3 is 62.8 Å². The number of piperazine rings is 3. The molecule has 11 heterocycles. The molecule has 10 aromatic rings. The van der Waals surface area contributed by atoms with Gasteiger partial charge in [-0.3, -0.25) is 49.3 Å². The molecule has 0 radical (unpaired) electrons. The monoisotopic (exact) mass is 1410 g/mol. The second-order valence-electron chi connectivity index (χ2n) is 25.4. The van der Waals surface area contributed by atoms with Crippen molar-refractivity contribution >= 4 is 75.5 Å². The highest BCUT2D eigenvalue weighted by Gasteiger charge is 2.29.